The summed E-state index contributed by atoms with van der Waals surface area (Å²) in [5.41, 5.74) is 2.50. The van der Waals surface area contributed by atoms with Crippen molar-refractivity contribution in [1.82, 2.24) is 14.8 Å². The lowest BCUT2D eigenvalue weighted by Gasteiger charge is -2.29. The molecule has 0 radical (unpaired) electrons. The molecule has 8 nitrogen and oxygen atoms in total. The molecule has 1 fully saturated rings. The Bertz CT molecular complexity index is 847. The minimum Gasteiger partial charge on any atom is -0.465 e. The SMILES string of the molecule is CN(C)Cc1csc(-c2ccccc2NC(=O)OCC2CCN(C(=O)O)CC2)n1. The van der Waals surface area contributed by atoms with Gasteiger partial charge in [0.25, 0.3) is 0 Å². The summed E-state index contributed by atoms with van der Waals surface area (Å²) in [6, 6.07) is 7.52. The number of thiazole rings is 1. The molecule has 2 heterocycles. The summed E-state index contributed by atoms with van der Waals surface area (Å²) in [4.78, 5) is 31.4. The van der Waals surface area contributed by atoms with E-state index in [2.05, 4.69) is 15.2 Å². The molecule has 3 rings (SSSR count). The molecular weight excluding hydrogens is 392 g/mol. The molecule has 1 aromatic heterocycles. The van der Waals surface area contributed by atoms with E-state index in [4.69, 9.17) is 9.84 Å². The highest BCUT2D eigenvalue weighted by molar-refractivity contribution is 7.13. The minimum absolute atomic E-state index is 0.180. The molecule has 0 aliphatic carbocycles. The molecule has 156 valence electrons. The van der Waals surface area contributed by atoms with E-state index in [-0.39, 0.29) is 12.5 Å². The van der Waals surface area contributed by atoms with Gasteiger partial charge in [0.05, 0.1) is 18.0 Å². The zero-order valence-electron chi connectivity index (χ0n) is 16.6. The lowest BCUT2D eigenvalue weighted by molar-refractivity contribution is 0.0948. The third-order valence-electron chi connectivity index (χ3n) is 4.76. The highest BCUT2D eigenvalue weighted by Gasteiger charge is 2.23. The zero-order valence-corrected chi connectivity index (χ0v) is 17.4. The summed E-state index contributed by atoms with van der Waals surface area (Å²) in [5.74, 6) is 0.180. The van der Waals surface area contributed by atoms with Gasteiger partial charge in [-0.25, -0.2) is 14.6 Å². The van der Waals surface area contributed by atoms with Crippen molar-refractivity contribution < 1.29 is 19.4 Å². The number of carbonyl (C=O) groups excluding carboxylic acids is 1. The molecular formula is C20H26N4O4S. The van der Waals surface area contributed by atoms with E-state index in [0.29, 0.717) is 31.6 Å². The Balaban J connectivity index is 1.56. The van der Waals surface area contributed by atoms with Crippen molar-refractivity contribution in [2.45, 2.75) is 19.4 Å². The number of carboxylic acid groups (broad SMARTS) is 1. The molecule has 0 bridgehead atoms. The number of piperidine rings is 1. The van der Waals surface area contributed by atoms with E-state index in [1.165, 1.54) is 4.90 Å². The van der Waals surface area contributed by atoms with Crippen LogP contribution in [-0.2, 0) is 11.3 Å². The van der Waals surface area contributed by atoms with Gasteiger partial charge in [0.1, 0.15) is 5.01 Å². The maximum atomic E-state index is 12.3. The van der Waals surface area contributed by atoms with E-state index >= 15 is 0 Å². The predicted octanol–water partition coefficient (Wildman–Crippen LogP) is 3.81. The number of hydrogen-bond donors (Lipinski definition) is 2. The summed E-state index contributed by atoms with van der Waals surface area (Å²) in [5, 5.41) is 14.7. The highest BCUT2D eigenvalue weighted by Crippen LogP contribution is 2.31. The number of likely N-dealkylation sites (tertiary alicyclic amines) is 1. The zero-order chi connectivity index (χ0) is 20.8. The second-order valence-corrected chi connectivity index (χ2v) is 8.22. The number of hydrogen-bond acceptors (Lipinski definition) is 6. The summed E-state index contributed by atoms with van der Waals surface area (Å²) >= 11 is 1.54. The number of anilines is 1. The van der Waals surface area contributed by atoms with Crippen LogP contribution in [0.4, 0.5) is 15.3 Å². The molecule has 2 amide bonds. The number of aromatic nitrogens is 1. The molecule has 29 heavy (non-hydrogen) atoms. The Morgan fingerprint density at radius 3 is 2.72 bits per heavy atom. The van der Waals surface area contributed by atoms with Gasteiger partial charge in [-0.1, -0.05) is 12.1 Å². The van der Waals surface area contributed by atoms with Crippen LogP contribution in [0, 0.1) is 5.92 Å². The molecule has 9 heteroatoms. The fourth-order valence-electron chi connectivity index (χ4n) is 3.24. The van der Waals surface area contributed by atoms with E-state index in [0.717, 1.165) is 22.8 Å². The van der Waals surface area contributed by atoms with Gasteiger partial charge in [0.15, 0.2) is 0 Å². The van der Waals surface area contributed by atoms with Crippen LogP contribution >= 0.6 is 11.3 Å². The number of nitrogens with zero attached hydrogens (tertiary/aromatic N) is 3. The normalized spacial score (nSPS) is 14.8. The Labute approximate surface area is 174 Å². The van der Waals surface area contributed by atoms with E-state index in [1.54, 1.807) is 11.3 Å². The van der Waals surface area contributed by atoms with E-state index in [9.17, 15) is 9.59 Å². The summed E-state index contributed by atoms with van der Waals surface area (Å²) in [7, 11) is 3.99. The first-order valence-electron chi connectivity index (χ1n) is 9.52. The van der Waals surface area contributed by atoms with Crippen LogP contribution < -0.4 is 5.32 Å². The number of benzene rings is 1. The van der Waals surface area contributed by atoms with Crippen molar-refractivity contribution in [1.29, 1.82) is 0 Å². The molecule has 0 unspecified atom stereocenters. The number of nitrogens with one attached hydrogen (secondary N) is 1. The maximum Gasteiger partial charge on any atom is 0.411 e. The third-order valence-corrected chi connectivity index (χ3v) is 5.68. The molecule has 1 aliphatic rings. The quantitative estimate of drug-likeness (QED) is 0.741. The number of carbonyl (C=O) groups is 2. The summed E-state index contributed by atoms with van der Waals surface area (Å²) in [6.07, 6.45) is -0.00809. The van der Waals surface area contributed by atoms with Crippen LogP contribution in [0.2, 0.25) is 0 Å². The molecule has 2 N–H and O–H groups in total. The van der Waals surface area contributed by atoms with Crippen molar-refractivity contribution in [2.75, 3.05) is 39.1 Å². The van der Waals surface area contributed by atoms with Crippen LogP contribution in [0.1, 0.15) is 18.5 Å². The van der Waals surface area contributed by atoms with Gasteiger partial charge in [0.2, 0.25) is 0 Å². The van der Waals surface area contributed by atoms with Gasteiger partial charge in [-0.3, -0.25) is 5.32 Å². The van der Waals surface area contributed by atoms with Gasteiger partial charge in [0, 0.05) is 30.6 Å². The second-order valence-electron chi connectivity index (χ2n) is 7.36. The Morgan fingerprint density at radius 1 is 1.31 bits per heavy atom. The van der Waals surface area contributed by atoms with Crippen LogP contribution in [0.5, 0.6) is 0 Å². The van der Waals surface area contributed by atoms with Crippen molar-refractivity contribution in [3.63, 3.8) is 0 Å². The monoisotopic (exact) mass is 418 g/mol. The topological polar surface area (TPSA) is 95.0 Å². The van der Waals surface area contributed by atoms with Gasteiger partial charge in [-0.2, -0.15) is 0 Å². The first-order chi connectivity index (χ1) is 13.9. The molecule has 0 saturated carbocycles. The average Bonchev–Trinajstić information content (AvgIpc) is 3.14. The minimum atomic E-state index is -0.894. The van der Waals surface area contributed by atoms with Crippen LogP contribution in [0.15, 0.2) is 29.6 Å². The molecule has 2 aromatic rings. The summed E-state index contributed by atoms with van der Waals surface area (Å²) in [6.45, 7) is 2.00. The van der Waals surface area contributed by atoms with Crippen LogP contribution in [0.25, 0.3) is 10.6 Å². The third kappa shape index (κ3) is 5.91. The van der Waals surface area contributed by atoms with Gasteiger partial charge < -0.3 is 19.6 Å². The Morgan fingerprint density at radius 2 is 2.03 bits per heavy atom. The smallest absolute Gasteiger partial charge is 0.411 e. The van der Waals surface area contributed by atoms with Gasteiger partial charge in [-0.15, -0.1) is 11.3 Å². The molecule has 1 saturated heterocycles. The predicted molar refractivity (Wildman–Crippen MR) is 112 cm³/mol. The van der Waals surface area contributed by atoms with Crippen LogP contribution in [0.3, 0.4) is 0 Å². The fourth-order valence-corrected chi connectivity index (χ4v) is 4.09. The van der Waals surface area contributed by atoms with Gasteiger partial charge in [-0.05, 0) is 45.0 Å². The molecule has 1 aromatic carbocycles. The number of amides is 2. The lowest BCUT2D eigenvalue weighted by Crippen LogP contribution is -2.38. The molecule has 0 spiro atoms. The van der Waals surface area contributed by atoms with E-state index < -0.39 is 12.2 Å². The van der Waals surface area contributed by atoms with E-state index in [1.807, 2.05) is 43.7 Å². The summed E-state index contributed by atoms with van der Waals surface area (Å²) < 4.78 is 5.39. The average molecular weight is 419 g/mol. The Hall–Kier alpha value is -2.65. The lowest BCUT2D eigenvalue weighted by atomic mass is 9.98. The van der Waals surface area contributed by atoms with Crippen molar-refractivity contribution in [2.24, 2.45) is 5.92 Å². The number of ether oxygens (including phenoxy) is 1. The number of para-hydroxylation sites is 1. The van der Waals surface area contributed by atoms with Crippen LogP contribution in [-0.4, -0.2) is 65.9 Å². The first-order valence-corrected chi connectivity index (χ1v) is 10.4. The Kier molecular flexibility index (Phi) is 7.05. The van der Waals surface area contributed by atoms with Crippen molar-refractivity contribution in [3.05, 3.63) is 35.3 Å². The highest BCUT2D eigenvalue weighted by atomic mass is 32.1. The van der Waals surface area contributed by atoms with Crippen molar-refractivity contribution in [3.8, 4) is 10.6 Å². The molecule has 1 aliphatic heterocycles. The number of rotatable bonds is 6. The fraction of sp³-hybridized carbons (Fsp3) is 0.450. The first kappa shape index (κ1) is 21.1. The maximum absolute atomic E-state index is 12.3. The van der Waals surface area contributed by atoms with Crippen molar-refractivity contribution >= 4 is 29.2 Å². The largest absolute Gasteiger partial charge is 0.465 e. The second kappa shape index (κ2) is 9.71. The molecule has 0 atom stereocenters. The van der Waals surface area contributed by atoms with Gasteiger partial charge >= 0.3 is 12.2 Å². The standard InChI is InChI=1S/C20H26N4O4S/c1-23(2)11-15-13-29-18(21-15)16-5-3-4-6-17(16)22-19(25)28-12-14-7-9-24(10-8-14)20(26)27/h3-6,13-14H,7-12H2,1-2H3,(H,22,25)(H,26,27).